The predicted octanol–water partition coefficient (Wildman–Crippen LogP) is 1.31. The van der Waals surface area contributed by atoms with Gasteiger partial charge in [0.05, 0.1) is 13.7 Å². The highest BCUT2D eigenvalue weighted by Gasteiger charge is 2.24. The summed E-state index contributed by atoms with van der Waals surface area (Å²) >= 11 is 0. The average Bonchev–Trinajstić information content (AvgIpc) is 2.49. The molecule has 0 spiro atoms. The van der Waals surface area contributed by atoms with Crippen molar-refractivity contribution in [1.29, 1.82) is 0 Å². The number of nitrogens with zero attached hydrogens (tertiary/aromatic N) is 3. The van der Waals surface area contributed by atoms with Crippen LogP contribution in [0.1, 0.15) is 27.2 Å². The quantitative estimate of drug-likeness (QED) is 0.693. The molecule has 0 aliphatic carbocycles. The predicted molar refractivity (Wildman–Crippen MR) is 79.4 cm³/mol. The van der Waals surface area contributed by atoms with E-state index in [2.05, 4.69) is 25.6 Å². The van der Waals surface area contributed by atoms with E-state index >= 15 is 0 Å². The number of anilines is 2. The summed E-state index contributed by atoms with van der Waals surface area (Å²) in [6, 6.07) is -0.327. The average molecular weight is 297 g/mol. The molecule has 2 N–H and O–H groups in total. The van der Waals surface area contributed by atoms with Crippen LogP contribution in [0.3, 0.4) is 0 Å². The molecule has 118 valence electrons. The van der Waals surface area contributed by atoms with Crippen LogP contribution >= 0.6 is 0 Å². The molecule has 0 bridgehead atoms. The van der Waals surface area contributed by atoms with E-state index in [9.17, 15) is 4.79 Å². The maximum atomic E-state index is 11.8. The molecule has 0 saturated heterocycles. The number of esters is 1. The molecule has 1 rings (SSSR count). The molecule has 0 amide bonds. The van der Waals surface area contributed by atoms with E-state index in [-0.39, 0.29) is 23.8 Å². The number of hydrogen-bond acceptors (Lipinski definition) is 8. The Bertz CT molecular complexity index is 467. The molecule has 21 heavy (non-hydrogen) atoms. The second kappa shape index (κ2) is 8.23. The third-order valence-electron chi connectivity index (χ3n) is 2.68. The lowest BCUT2D eigenvalue weighted by Gasteiger charge is -2.20. The van der Waals surface area contributed by atoms with Crippen LogP contribution < -0.4 is 15.4 Å². The van der Waals surface area contributed by atoms with Crippen molar-refractivity contribution in [3.63, 3.8) is 0 Å². The van der Waals surface area contributed by atoms with Crippen molar-refractivity contribution in [3.05, 3.63) is 0 Å². The smallest absolute Gasteiger partial charge is 0.328 e. The van der Waals surface area contributed by atoms with Gasteiger partial charge >= 0.3 is 12.0 Å². The third kappa shape index (κ3) is 5.05. The molecule has 8 nitrogen and oxygen atoms in total. The van der Waals surface area contributed by atoms with E-state index < -0.39 is 6.04 Å². The van der Waals surface area contributed by atoms with E-state index in [1.807, 2.05) is 20.8 Å². The standard InChI is InChI=1S/C13H23N5O3/c1-6-7-21-13-17-11(14-4)16-12(18-13)15-9(8(2)3)10(19)20-5/h8-9H,6-7H2,1-5H3,(H2,14,15,16,17,18). The highest BCUT2D eigenvalue weighted by Crippen LogP contribution is 2.15. The van der Waals surface area contributed by atoms with E-state index in [0.29, 0.717) is 12.6 Å². The lowest BCUT2D eigenvalue weighted by molar-refractivity contribution is -0.142. The molecule has 1 atom stereocenters. The molecular weight excluding hydrogens is 274 g/mol. The number of carbonyl (C=O) groups excluding carboxylic acids is 1. The summed E-state index contributed by atoms with van der Waals surface area (Å²) in [5, 5.41) is 5.80. The van der Waals surface area contributed by atoms with Crippen molar-refractivity contribution in [2.45, 2.75) is 33.2 Å². The number of carbonyl (C=O) groups is 1. The molecule has 8 heteroatoms. The van der Waals surface area contributed by atoms with Crippen molar-refractivity contribution in [3.8, 4) is 6.01 Å². The van der Waals surface area contributed by atoms with Crippen LogP contribution in [0.5, 0.6) is 6.01 Å². The monoisotopic (exact) mass is 297 g/mol. The Balaban J connectivity index is 2.96. The summed E-state index contributed by atoms with van der Waals surface area (Å²) in [5.41, 5.74) is 0. The Hall–Kier alpha value is -2.12. The van der Waals surface area contributed by atoms with Crippen LogP contribution in [-0.2, 0) is 9.53 Å². The zero-order valence-corrected chi connectivity index (χ0v) is 13.1. The minimum Gasteiger partial charge on any atom is -0.467 e. The molecule has 0 fully saturated rings. The fourth-order valence-corrected chi connectivity index (χ4v) is 1.55. The maximum Gasteiger partial charge on any atom is 0.328 e. The first kappa shape index (κ1) is 16.9. The van der Waals surface area contributed by atoms with Crippen molar-refractivity contribution in [1.82, 2.24) is 15.0 Å². The van der Waals surface area contributed by atoms with Gasteiger partial charge in [0.15, 0.2) is 0 Å². The SMILES string of the molecule is CCCOc1nc(NC)nc(NC(C(=O)OC)C(C)C)n1. The van der Waals surface area contributed by atoms with Gasteiger partial charge in [-0.1, -0.05) is 20.8 Å². The lowest BCUT2D eigenvalue weighted by Crippen LogP contribution is -2.36. The zero-order chi connectivity index (χ0) is 15.8. The van der Waals surface area contributed by atoms with Gasteiger partial charge in [-0.05, 0) is 12.3 Å². The van der Waals surface area contributed by atoms with E-state index in [1.54, 1.807) is 7.05 Å². The molecule has 1 unspecified atom stereocenters. The summed E-state index contributed by atoms with van der Waals surface area (Å²) in [6.45, 7) is 6.31. The van der Waals surface area contributed by atoms with Crippen LogP contribution in [0.4, 0.5) is 11.9 Å². The van der Waals surface area contributed by atoms with Crippen LogP contribution in [0, 0.1) is 5.92 Å². The molecule has 1 aromatic rings. The van der Waals surface area contributed by atoms with Crippen LogP contribution in [0.15, 0.2) is 0 Å². The van der Waals surface area contributed by atoms with Gasteiger partial charge in [0.2, 0.25) is 11.9 Å². The largest absolute Gasteiger partial charge is 0.467 e. The molecule has 0 aromatic carbocycles. The number of nitrogens with one attached hydrogen (secondary N) is 2. The third-order valence-corrected chi connectivity index (χ3v) is 2.68. The van der Waals surface area contributed by atoms with E-state index in [0.717, 1.165) is 6.42 Å². The van der Waals surface area contributed by atoms with E-state index in [1.165, 1.54) is 7.11 Å². The number of aromatic nitrogens is 3. The van der Waals surface area contributed by atoms with Gasteiger partial charge in [-0.2, -0.15) is 15.0 Å². The molecule has 1 heterocycles. The first-order valence-corrected chi connectivity index (χ1v) is 6.92. The summed E-state index contributed by atoms with van der Waals surface area (Å²) in [6.07, 6.45) is 0.847. The number of hydrogen-bond donors (Lipinski definition) is 2. The highest BCUT2D eigenvalue weighted by atomic mass is 16.5. The van der Waals surface area contributed by atoms with Crippen molar-refractivity contribution in [2.24, 2.45) is 5.92 Å². The molecule has 0 aliphatic rings. The molecule has 0 radical (unpaired) electrons. The summed E-state index contributed by atoms with van der Waals surface area (Å²) in [7, 11) is 3.05. The van der Waals surface area contributed by atoms with Crippen molar-refractivity contribution in [2.75, 3.05) is 31.4 Å². The second-order valence-electron chi connectivity index (χ2n) is 4.75. The molecule has 1 aromatic heterocycles. The number of methoxy groups -OCH3 is 1. The van der Waals surface area contributed by atoms with Gasteiger partial charge in [0.1, 0.15) is 6.04 Å². The van der Waals surface area contributed by atoms with Crippen LogP contribution in [0.25, 0.3) is 0 Å². The van der Waals surface area contributed by atoms with Gasteiger partial charge in [0.25, 0.3) is 0 Å². The van der Waals surface area contributed by atoms with Gasteiger partial charge in [-0.25, -0.2) is 4.79 Å². The van der Waals surface area contributed by atoms with E-state index in [4.69, 9.17) is 9.47 Å². The Morgan fingerprint density at radius 1 is 1.24 bits per heavy atom. The normalized spacial score (nSPS) is 11.9. The number of rotatable bonds is 8. The number of ether oxygens (including phenoxy) is 2. The van der Waals surface area contributed by atoms with Crippen molar-refractivity contribution >= 4 is 17.9 Å². The fourth-order valence-electron chi connectivity index (χ4n) is 1.55. The molecular formula is C13H23N5O3. The first-order chi connectivity index (χ1) is 10.0. The second-order valence-corrected chi connectivity index (χ2v) is 4.75. The zero-order valence-electron chi connectivity index (χ0n) is 13.1. The first-order valence-electron chi connectivity index (χ1n) is 6.92. The molecule has 0 aliphatic heterocycles. The van der Waals surface area contributed by atoms with Crippen molar-refractivity contribution < 1.29 is 14.3 Å². The van der Waals surface area contributed by atoms with Gasteiger partial charge in [-0.15, -0.1) is 0 Å². The Morgan fingerprint density at radius 2 is 1.90 bits per heavy atom. The van der Waals surface area contributed by atoms with Crippen LogP contribution in [-0.4, -0.2) is 47.7 Å². The van der Waals surface area contributed by atoms with Gasteiger partial charge in [0, 0.05) is 7.05 Å². The Kier molecular flexibility index (Phi) is 6.64. The minimum atomic E-state index is -0.541. The Labute approximate surface area is 124 Å². The fraction of sp³-hybridized carbons (Fsp3) is 0.692. The summed E-state index contributed by atoms with van der Waals surface area (Å²) in [5.74, 6) is 0.287. The highest BCUT2D eigenvalue weighted by molar-refractivity contribution is 5.78. The summed E-state index contributed by atoms with van der Waals surface area (Å²) < 4.78 is 10.2. The minimum absolute atomic E-state index is 0.0206. The van der Waals surface area contributed by atoms with Crippen LogP contribution in [0.2, 0.25) is 0 Å². The molecule has 0 saturated carbocycles. The Morgan fingerprint density at radius 3 is 2.43 bits per heavy atom. The lowest BCUT2D eigenvalue weighted by atomic mass is 10.1. The van der Waals surface area contributed by atoms with Gasteiger partial charge in [-0.3, -0.25) is 0 Å². The topological polar surface area (TPSA) is 98.3 Å². The maximum absolute atomic E-state index is 11.8. The summed E-state index contributed by atoms with van der Waals surface area (Å²) in [4.78, 5) is 24.2. The van der Waals surface area contributed by atoms with Gasteiger partial charge < -0.3 is 20.1 Å².